The summed E-state index contributed by atoms with van der Waals surface area (Å²) in [6.45, 7) is 10.1. The van der Waals surface area contributed by atoms with E-state index >= 15 is 0 Å². The van der Waals surface area contributed by atoms with E-state index < -0.39 is 43.3 Å². The summed E-state index contributed by atoms with van der Waals surface area (Å²) in [4.78, 5) is 0. The molecule has 0 radical (unpaired) electrons. The molecule has 1 aliphatic heterocycles. The molecule has 9 heteroatoms. The third-order valence-corrected chi connectivity index (χ3v) is 6.29. The lowest BCUT2D eigenvalue weighted by molar-refractivity contribution is -0.434. The molecule has 4 atom stereocenters. The van der Waals surface area contributed by atoms with Crippen molar-refractivity contribution in [3.8, 4) is 0 Å². The number of hydrogen-bond acceptors (Lipinski definition) is 8. The van der Waals surface area contributed by atoms with Crippen LogP contribution in [0.5, 0.6) is 0 Å². The lowest BCUT2D eigenvalue weighted by Crippen LogP contribution is -2.64. The van der Waals surface area contributed by atoms with E-state index in [2.05, 4.69) is 0 Å². The Balaban J connectivity index is 3.04. The van der Waals surface area contributed by atoms with Gasteiger partial charge in [-0.15, -0.1) is 0 Å². The van der Waals surface area contributed by atoms with Crippen LogP contribution in [0, 0.1) is 0 Å². The maximum absolute atomic E-state index is 13.1. The van der Waals surface area contributed by atoms with Gasteiger partial charge in [-0.25, -0.2) is 0 Å². The second-order valence-corrected chi connectivity index (χ2v) is 8.56. The van der Waals surface area contributed by atoms with Gasteiger partial charge in [0.15, 0.2) is 5.85 Å². The van der Waals surface area contributed by atoms with E-state index in [-0.39, 0.29) is 6.61 Å². The summed E-state index contributed by atoms with van der Waals surface area (Å²) < 4.78 is 46.2. The van der Waals surface area contributed by atoms with Crippen molar-refractivity contribution in [1.82, 2.24) is 0 Å². The molecule has 1 rings (SSSR count). The summed E-state index contributed by atoms with van der Waals surface area (Å²) >= 11 is 0. The van der Waals surface area contributed by atoms with Crippen molar-refractivity contribution >= 4 is 7.60 Å². The van der Waals surface area contributed by atoms with E-state index in [1.165, 1.54) is 14.2 Å². The zero-order valence-corrected chi connectivity index (χ0v) is 16.7. The van der Waals surface area contributed by atoms with Crippen molar-refractivity contribution in [2.75, 3.05) is 20.8 Å². The van der Waals surface area contributed by atoms with Crippen LogP contribution in [0.3, 0.4) is 0 Å². The summed E-state index contributed by atoms with van der Waals surface area (Å²) in [5, 5.41) is 10.6. The molecule has 0 spiro atoms. The van der Waals surface area contributed by atoms with Crippen LogP contribution >= 0.6 is 7.60 Å². The first-order chi connectivity index (χ1) is 10.9. The topological polar surface area (TPSA) is 92.7 Å². The van der Waals surface area contributed by atoms with Crippen molar-refractivity contribution < 1.29 is 37.7 Å². The molecule has 1 N–H and O–H groups in total. The Bertz CT molecular complexity index is 443. The molecule has 1 fully saturated rings. The Kier molecular flexibility index (Phi) is 7.42. The quantitative estimate of drug-likeness (QED) is 0.652. The standard InChI is InChI=1S/C15H31O8P/c1-10(2)22-24(17,23-11(3)4)13(16)12-9-20-14(5,18-7)15(6,19-8)21-12/h10-13,16H,9H2,1-8H3/t12-,13-,14-,15-/m1/s1. The Labute approximate surface area is 144 Å². The summed E-state index contributed by atoms with van der Waals surface area (Å²) in [5.74, 6) is -4.02. The minimum absolute atomic E-state index is 0.0582. The lowest BCUT2D eigenvalue weighted by atomic mass is 10.1. The molecule has 0 amide bonds. The fourth-order valence-electron chi connectivity index (χ4n) is 2.37. The molecule has 0 aromatic rings. The van der Waals surface area contributed by atoms with Crippen molar-refractivity contribution in [3.05, 3.63) is 0 Å². The van der Waals surface area contributed by atoms with Crippen LogP contribution in [0.25, 0.3) is 0 Å². The molecule has 144 valence electrons. The number of ether oxygens (including phenoxy) is 4. The van der Waals surface area contributed by atoms with Crippen LogP contribution in [0.1, 0.15) is 41.5 Å². The van der Waals surface area contributed by atoms with Gasteiger partial charge in [0.2, 0.25) is 11.6 Å². The van der Waals surface area contributed by atoms with Crippen molar-refractivity contribution in [2.24, 2.45) is 0 Å². The highest BCUT2D eigenvalue weighted by Crippen LogP contribution is 2.56. The van der Waals surface area contributed by atoms with Crippen molar-refractivity contribution in [1.29, 1.82) is 0 Å². The third-order valence-electron chi connectivity index (χ3n) is 3.88. The van der Waals surface area contributed by atoms with E-state index in [0.717, 1.165) is 0 Å². The molecule has 0 aromatic heterocycles. The average Bonchev–Trinajstić information content (AvgIpc) is 2.47. The predicted molar refractivity (Wildman–Crippen MR) is 87.7 cm³/mol. The highest BCUT2D eigenvalue weighted by molar-refractivity contribution is 7.54. The monoisotopic (exact) mass is 370 g/mol. The molecule has 1 saturated heterocycles. The van der Waals surface area contributed by atoms with Crippen LogP contribution in [-0.4, -0.2) is 61.7 Å². The fourth-order valence-corrected chi connectivity index (χ4v) is 4.40. The van der Waals surface area contributed by atoms with Gasteiger partial charge < -0.3 is 33.1 Å². The first-order valence-electron chi connectivity index (χ1n) is 7.99. The SMILES string of the molecule is CO[C@]1(C)OC[C@H]([C@H](O)P(=O)(OC(C)C)OC(C)C)O[C@@]1(C)OC. The molecule has 8 nitrogen and oxygen atoms in total. The van der Waals surface area contributed by atoms with Crippen LogP contribution in [0.2, 0.25) is 0 Å². The molecule has 0 saturated carbocycles. The largest absolute Gasteiger partial charge is 0.378 e. The zero-order valence-electron chi connectivity index (χ0n) is 15.8. The Morgan fingerprint density at radius 3 is 1.88 bits per heavy atom. The molecule has 0 aromatic carbocycles. The van der Waals surface area contributed by atoms with E-state index in [0.29, 0.717) is 0 Å². The number of aliphatic hydroxyl groups is 1. The molecule has 0 bridgehead atoms. The minimum atomic E-state index is -3.85. The van der Waals surface area contributed by atoms with Gasteiger partial charge in [0.25, 0.3) is 0 Å². The van der Waals surface area contributed by atoms with E-state index in [4.69, 9.17) is 28.0 Å². The Hall–Kier alpha value is -0.0500. The van der Waals surface area contributed by atoms with Gasteiger partial charge in [-0.3, -0.25) is 4.57 Å². The second kappa shape index (κ2) is 8.10. The highest BCUT2D eigenvalue weighted by Gasteiger charge is 2.57. The smallest absolute Gasteiger partial charge is 0.362 e. The highest BCUT2D eigenvalue weighted by atomic mass is 31.2. The normalized spacial score (nSPS) is 33.2. The minimum Gasteiger partial charge on any atom is -0.378 e. The van der Waals surface area contributed by atoms with Gasteiger partial charge >= 0.3 is 7.60 Å². The van der Waals surface area contributed by atoms with Gasteiger partial charge in [-0.2, -0.15) is 0 Å². The van der Waals surface area contributed by atoms with E-state index in [9.17, 15) is 9.67 Å². The summed E-state index contributed by atoms with van der Waals surface area (Å²) in [7, 11) is -0.955. The van der Waals surface area contributed by atoms with Gasteiger partial charge in [0.1, 0.15) is 6.10 Å². The zero-order chi connectivity index (χ0) is 18.8. The van der Waals surface area contributed by atoms with Gasteiger partial charge in [-0.1, -0.05) is 0 Å². The first-order valence-corrected chi connectivity index (χ1v) is 9.61. The van der Waals surface area contributed by atoms with Gasteiger partial charge in [-0.05, 0) is 41.5 Å². The molecule has 0 aliphatic carbocycles. The molecule has 1 heterocycles. The third kappa shape index (κ3) is 4.56. The summed E-state index contributed by atoms with van der Waals surface area (Å²) in [5.41, 5.74) is 0. The van der Waals surface area contributed by atoms with Crippen molar-refractivity contribution in [2.45, 2.75) is 77.3 Å². The summed E-state index contributed by atoms with van der Waals surface area (Å²) in [6.07, 6.45) is -1.76. The first kappa shape index (κ1) is 22.0. The number of rotatable bonds is 8. The molecule has 0 unspecified atom stereocenters. The van der Waals surface area contributed by atoms with Gasteiger partial charge in [0.05, 0.1) is 18.8 Å². The maximum atomic E-state index is 13.1. The van der Waals surface area contributed by atoms with Crippen LogP contribution in [-0.2, 0) is 32.6 Å². The average molecular weight is 370 g/mol. The summed E-state index contributed by atoms with van der Waals surface area (Å²) in [6, 6.07) is 0. The number of aliphatic hydroxyl groups excluding tert-OH is 1. The fraction of sp³-hybridized carbons (Fsp3) is 1.00. The Morgan fingerprint density at radius 2 is 1.50 bits per heavy atom. The Morgan fingerprint density at radius 1 is 1.04 bits per heavy atom. The number of methoxy groups -OCH3 is 2. The molecular formula is C15H31O8P. The van der Waals surface area contributed by atoms with Gasteiger partial charge in [0, 0.05) is 14.2 Å². The van der Waals surface area contributed by atoms with E-state index in [1.54, 1.807) is 41.5 Å². The molecular weight excluding hydrogens is 339 g/mol. The van der Waals surface area contributed by atoms with Crippen LogP contribution < -0.4 is 0 Å². The second-order valence-electron chi connectivity index (χ2n) is 6.53. The van der Waals surface area contributed by atoms with Crippen molar-refractivity contribution in [3.63, 3.8) is 0 Å². The maximum Gasteiger partial charge on any atom is 0.362 e. The molecule has 24 heavy (non-hydrogen) atoms. The lowest BCUT2D eigenvalue weighted by Gasteiger charge is -2.50. The van der Waals surface area contributed by atoms with E-state index in [1.807, 2.05) is 0 Å². The van der Waals surface area contributed by atoms with Crippen LogP contribution in [0.15, 0.2) is 0 Å². The number of hydrogen-bond donors (Lipinski definition) is 1. The molecule has 1 aliphatic rings. The van der Waals surface area contributed by atoms with Crippen LogP contribution in [0.4, 0.5) is 0 Å². The predicted octanol–water partition coefficient (Wildman–Crippen LogP) is 2.49.